The standard InChI is InChI=1S/C21H21FN4OS/c1-2-27-19-11-9-17(10-12-19)24-21(28)25-23-14-18-7-5-13-26(18)15-16-6-3-4-8-20(16)22/h3-14H,2,15H2,1H3,(H2,24,25,28)/b23-14-. The quantitative estimate of drug-likeness (QED) is 0.353. The summed E-state index contributed by atoms with van der Waals surface area (Å²) in [5.41, 5.74) is 5.07. The van der Waals surface area contributed by atoms with Crippen molar-refractivity contribution in [1.82, 2.24) is 9.99 Å². The third kappa shape index (κ3) is 5.40. The zero-order chi connectivity index (χ0) is 19.8. The van der Waals surface area contributed by atoms with Gasteiger partial charge in [-0.2, -0.15) is 5.10 Å². The molecule has 7 heteroatoms. The fourth-order valence-corrected chi connectivity index (χ4v) is 2.79. The number of halogens is 1. The van der Waals surface area contributed by atoms with E-state index in [0.717, 1.165) is 17.1 Å². The lowest BCUT2D eigenvalue weighted by Gasteiger charge is -2.09. The summed E-state index contributed by atoms with van der Waals surface area (Å²) < 4.78 is 21.2. The molecule has 0 fully saturated rings. The molecule has 1 aromatic heterocycles. The van der Waals surface area contributed by atoms with Gasteiger partial charge < -0.3 is 14.6 Å². The smallest absolute Gasteiger partial charge is 0.191 e. The van der Waals surface area contributed by atoms with Gasteiger partial charge in [-0.1, -0.05) is 18.2 Å². The summed E-state index contributed by atoms with van der Waals surface area (Å²) >= 11 is 5.25. The first-order chi connectivity index (χ1) is 13.7. The first-order valence-corrected chi connectivity index (χ1v) is 9.28. The maximum Gasteiger partial charge on any atom is 0.191 e. The fourth-order valence-electron chi connectivity index (χ4n) is 2.62. The number of aromatic nitrogens is 1. The van der Waals surface area contributed by atoms with Crippen LogP contribution in [0.25, 0.3) is 0 Å². The van der Waals surface area contributed by atoms with Crippen LogP contribution in [-0.2, 0) is 6.54 Å². The van der Waals surface area contributed by atoms with Crippen molar-refractivity contribution in [1.29, 1.82) is 0 Å². The molecule has 0 saturated carbocycles. The van der Waals surface area contributed by atoms with Gasteiger partial charge in [0.15, 0.2) is 5.11 Å². The summed E-state index contributed by atoms with van der Waals surface area (Å²) in [6.45, 7) is 2.99. The second-order valence-electron chi connectivity index (χ2n) is 5.93. The molecule has 1 heterocycles. The summed E-state index contributed by atoms with van der Waals surface area (Å²) in [6.07, 6.45) is 3.53. The Morgan fingerprint density at radius 1 is 1.14 bits per heavy atom. The van der Waals surface area contributed by atoms with Gasteiger partial charge in [-0.05, 0) is 61.6 Å². The van der Waals surface area contributed by atoms with Crippen LogP contribution in [0.3, 0.4) is 0 Å². The van der Waals surface area contributed by atoms with Gasteiger partial charge in [0, 0.05) is 17.4 Å². The molecule has 0 aliphatic rings. The number of nitrogens with one attached hydrogen (secondary N) is 2. The molecule has 3 aromatic rings. The minimum atomic E-state index is -0.224. The van der Waals surface area contributed by atoms with Crippen LogP contribution in [0.15, 0.2) is 72.0 Å². The third-order valence-electron chi connectivity index (χ3n) is 3.95. The number of rotatable bonds is 7. The molecule has 144 valence electrons. The van der Waals surface area contributed by atoms with Gasteiger partial charge in [-0.25, -0.2) is 4.39 Å². The van der Waals surface area contributed by atoms with Gasteiger partial charge >= 0.3 is 0 Å². The van der Waals surface area contributed by atoms with Gasteiger partial charge in [0.2, 0.25) is 0 Å². The molecule has 2 N–H and O–H groups in total. The summed E-state index contributed by atoms with van der Waals surface area (Å²) in [5, 5.41) is 7.58. The van der Waals surface area contributed by atoms with Crippen molar-refractivity contribution in [2.24, 2.45) is 5.10 Å². The highest BCUT2D eigenvalue weighted by molar-refractivity contribution is 7.80. The second-order valence-corrected chi connectivity index (χ2v) is 6.34. The van der Waals surface area contributed by atoms with Crippen molar-refractivity contribution in [2.75, 3.05) is 11.9 Å². The van der Waals surface area contributed by atoms with Crippen LogP contribution in [0.4, 0.5) is 10.1 Å². The van der Waals surface area contributed by atoms with E-state index in [4.69, 9.17) is 17.0 Å². The van der Waals surface area contributed by atoms with Crippen molar-refractivity contribution in [3.8, 4) is 5.75 Å². The van der Waals surface area contributed by atoms with Gasteiger partial charge in [0.25, 0.3) is 0 Å². The Kier molecular flexibility index (Phi) is 6.75. The zero-order valence-electron chi connectivity index (χ0n) is 15.4. The molecule has 0 aliphatic carbocycles. The van der Waals surface area contributed by atoms with Crippen LogP contribution >= 0.6 is 12.2 Å². The van der Waals surface area contributed by atoms with Crippen molar-refractivity contribution in [3.05, 3.63) is 83.9 Å². The molecule has 3 rings (SSSR count). The van der Waals surface area contributed by atoms with E-state index in [1.807, 2.05) is 60.2 Å². The van der Waals surface area contributed by atoms with E-state index in [-0.39, 0.29) is 5.82 Å². The van der Waals surface area contributed by atoms with E-state index in [9.17, 15) is 4.39 Å². The number of hydrogen-bond donors (Lipinski definition) is 2. The highest BCUT2D eigenvalue weighted by Gasteiger charge is 2.04. The van der Waals surface area contributed by atoms with Crippen LogP contribution in [0.1, 0.15) is 18.2 Å². The van der Waals surface area contributed by atoms with Crippen molar-refractivity contribution in [3.63, 3.8) is 0 Å². The Balaban J connectivity index is 1.55. The average molecular weight is 396 g/mol. The molecule has 0 atom stereocenters. The minimum Gasteiger partial charge on any atom is -0.494 e. The SMILES string of the molecule is CCOc1ccc(NC(=S)N/N=C\c2cccn2Cc2ccccc2F)cc1. The zero-order valence-corrected chi connectivity index (χ0v) is 16.2. The number of ether oxygens (including phenoxy) is 1. The average Bonchev–Trinajstić information content (AvgIpc) is 3.12. The van der Waals surface area contributed by atoms with Gasteiger partial charge in [0.1, 0.15) is 11.6 Å². The molecule has 28 heavy (non-hydrogen) atoms. The Labute approximate surface area is 168 Å². The van der Waals surface area contributed by atoms with Gasteiger partial charge in [0.05, 0.1) is 25.1 Å². The molecule has 0 amide bonds. The first-order valence-electron chi connectivity index (χ1n) is 8.87. The predicted octanol–water partition coefficient (Wildman–Crippen LogP) is 4.39. The Morgan fingerprint density at radius 2 is 1.93 bits per heavy atom. The van der Waals surface area contributed by atoms with Crippen LogP contribution in [0, 0.1) is 5.82 Å². The van der Waals surface area contributed by atoms with Crippen LogP contribution in [0.5, 0.6) is 5.75 Å². The molecule has 2 aromatic carbocycles. The van der Waals surface area contributed by atoms with Crippen LogP contribution in [-0.4, -0.2) is 22.5 Å². The van der Waals surface area contributed by atoms with Crippen molar-refractivity contribution < 1.29 is 9.13 Å². The summed E-state index contributed by atoms with van der Waals surface area (Å²) in [6, 6.07) is 18.0. The number of benzene rings is 2. The third-order valence-corrected chi connectivity index (χ3v) is 4.14. The predicted molar refractivity (Wildman–Crippen MR) is 114 cm³/mol. The Morgan fingerprint density at radius 3 is 2.68 bits per heavy atom. The summed E-state index contributed by atoms with van der Waals surface area (Å²) in [7, 11) is 0. The number of nitrogens with zero attached hydrogens (tertiary/aromatic N) is 2. The van der Waals surface area contributed by atoms with E-state index in [0.29, 0.717) is 23.8 Å². The lowest BCUT2D eigenvalue weighted by molar-refractivity contribution is 0.340. The molecule has 0 aliphatic heterocycles. The molecule has 0 bridgehead atoms. The molecular weight excluding hydrogens is 375 g/mol. The largest absolute Gasteiger partial charge is 0.494 e. The second kappa shape index (κ2) is 9.66. The monoisotopic (exact) mass is 396 g/mol. The fraction of sp³-hybridized carbons (Fsp3) is 0.143. The Bertz CT molecular complexity index is 953. The lowest BCUT2D eigenvalue weighted by Crippen LogP contribution is -2.24. The van der Waals surface area contributed by atoms with Crippen LogP contribution in [0.2, 0.25) is 0 Å². The van der Waals surface area contributed by atoms with E-state index in [1.54, 1.807) is 18.3 Å². The first kappa shape index (κ1) is 19.6. The number of thiocarbonyl (C=S) groups is 1. The molecule has 0 radical (unpaired) electrons. The molecular formula is C21H21FN4OS. The van der Waals surface area contributed by atoms with E-state index in [2.05, 4.69) is 15.8 Å². The van der Waals surface area contributed by atoms with Gasteiger partial charge in [-0.3, -0.25) is 5.43 Å². The van der Waals surface area contributed by atoms with Crippen LogP contribution < -0.4 is 15.5 Å². The highest BCUT2D eigenvalue weighted by Crippen LogP contribution is 2.15. The number of hydrogen-bond acceptors (Lipinski definition) is 3. The molecule has 0 spiro atoms. The maximum absolute atomic E-state index is 13.9. The highest BCUT2D eigenvalue weighted by atomic mass is 32.1. The Hall–Kier alpha value is -3.19. The van der Waals surface area contributed by atoms with E-state index >= 15 is 0 Å². The van der Waals surface area contributed by atoms with E-state index in [1.165, 1.54) is 6.07 Å². The van der Waals surface area contributed by atoms with Gasteiger partial charge in [-0.15, -0.1) is 0 Å². The number of hydrazone groups is 1. The summed E-state index contributed by atoms with van der Waals surface area (Å²) in [4.78, 5) is 0. The molecule has 0 unspecified atom stereocenters. The summed E-state index contributed by atoms with van der Waals surface area (Å²) in [5.74, 6) is 0.582. The van der Waals surface area contributed by atoms with Crippen molar-refractivity contribution in [2.45, 2.75) is 13.5 Å². The topological polar surface area (TPSA) is 50.6 Å². The molecule has 0 saturated heterocycles. The number of anilines is 1. The molecule has 5 nitrogen and oxygen atoms in total. The lowest BCUT2D eigenvalue weighted by atomic mass is 10.2. The minimum absolute atomic E-state index is 0.224. The maximum atomic E-state index is 13.9. The van der Waals surface area contributed by atoms with Crippen molar-refractivity contribution >= 4 is 29.2 Å². The van der Waals surface area contributed by atoms with E-state index < -0.39 is 0 Å². The normalized spacial score (nSPS) is 10.8.